The molecule has 0 saturated carbocycles. The molecule has 0 aliphatic heterocycles. The van der Waals surface area contributed by atoms with Gasteiger partial charge in [-0.3, -0.25) is 4.98 Å². The number of benzene rings is 2. The Morgan fingerprint density at radius 2 is 1.79 bits per heavy atom. The van der Waals surface area contributed by atoms with Gasteiger partial charge in [0.15, 0.2) is 0 Å². The van der Waals surface area contributed by atoms with E-state index in [2.05, 4.69) is 4.98 Å². The summed E-state index contributed by atoms with van der Waals surface area (Å²) < 4.78 is 27.9. The molecule has 0 radical (unpaired) electrons. The molecule has 6 nitrogen and oxygen atoms in total. The van der Waals surface area contributed by atoms with Crippen molar-refractivity contribution in [2.45, 2.75) is 30.3 Å². The maximum Gasteiger partial charge on any atom is 0.268 e. The van der Waals surface area contributed by atoms with Crippen LogP contribution in [0.15, 0.2) is 71.9 Å². The minimum absolute atomic E-state index is 0.213. The second-order valence-corrected chi connectivity index (χ2v) is 9.35. The maximum atomic E-state index is 13.3. The van der Waals surface area contributed by atoms with Gasteiger partial charge >= 0.3 is 0 Å². The lowest BCUT2D eigenvalue weighted by Crippen LogP contribution is -2.43. The number of pyridine rings is 1. The molecule has 2 aromatic carbocycles. The Hall–Kier alpha value is -2.74. The molecule has 0 fully saturated rings. The maximum absolute atomic E-state index is 13.3. The van der Waals surface area contributed by atoms with Crippen molar-refractivity contribution in [1.29, 1.82) is 0 Å². The van der Waals surface area contributed by atoms with E-state index in [9.17, 15) is 8.42 Å². The molecule has 7 heteroatoms. The van der Waals surface area contributed by atoms with Gasteiger partial charge in [-0.05, 0) is 49.7 Å². The molecule has 0 spiro atoms. The van der Waals surface area contributed by atoms with Gasteiger partial charge in [0.2, 0.25) is 0 Å². The first-order chi connectivity index (χ1) is 13.2. The molecular formula is C21H22N4O2S. The van der Waals surface area contributed by atoms with Crippen LogP contribution < -0.4 is 11.5 Å². The fourth-order valence-electron chi connectivity index (χ4n) is 3.42. The molecule has 0 amide bonds. The van der Waals surface area contributed by atoms with Crippen LogP contribution in [-0.2, 0) is 10.0 Å². The van der Waals surface area contributed by atoms with Gasteiger partial charge in [0.1, 0.15) is 0 Å². The monoisotopic (exact) mass is 394 g/mol. The summed E-state index contributed by atoms with van der Waals surface area (Å²) in [7, 11) is -3.79. The zero-order valence-corrected chi connectivity index (χ0v) is 16.5. The second-order valence-electron chi connectivity index (χ2n) is 7.53. The SMILES string of the molecule is CC(C)(N)C(N)c1cc2cccnc2c2c1ccn2S(=O)(=O)c1ccccc1. The zero-order chi connectivity index (χ0) is 20.1. The fraction of sp³-hybridized carbons (Fsp3) is 0.190. The zero-order valence-electron chi connectivity index (χ0n) is 15.7. The number of aromatic nitrogens is 2. The van der Waals surface area contributed by atoms with Crippen molar-refractivity contribution in [3.63, 3.8) is 0 Å². The molecule has 144 valence electrons. The third-order valence-corrected chi connectivity index (χ3v) is 6.66. The van der Waals surface area contributed by atoms with E-state index < -0.39 is 21.6 Å². The topological polar surface area (TPSA) is 104 Å². The van der Waals surface area contributed by atoms with Crippen molar-refractivity contribution in [3.8, 4) is 0 Å². The van der Waals surface area contributed by atoms with Crippen LogP contribution in [0.3, 0.4) is 0 Å². The summed E-state index contributed by atoms with van der Waals surface area (Å²) >= 11 is 0. The number of nitrogens with two attached hydrogens (primary N) is 2. The van der Waals surface area contributed by atoms with E-state index in [-0.39, 0.29) is 4.90 Å². The summed E-state index contributed by atoms with van der Waals surface area (Å²) in [6.07, 6.45) is 3.21. The van der Waals surface area contributed by atoms with Crippen molar-refractivity contribution in [2.75, 3.05) is 0 Å². The van der Waals surface area contributed by atoms with E-state index in [4.69, 9.17) is 11.5 Å². The van der Waals surface area contributed by atoms with Crippen LogP contribution in [0.1, 0.15) is 25.5 Å². The minimum atomic E-state index is -3.79. The highest BCUT2D eigenvalue weighted by molar-refractivity contribution is 7.90. The highest BCUT2D eigenvalue weighted by Crippen LogP contribution is 2.35. The normalized spacial score (nSPS) is 13.9. The Morgan fingerprint density at radius 1 is 1.07 bits per heavy atom. The highest BCUT2D eigenvalue weighted by Gasteiger charge is 2.28. The average Bonchev–Trinajstić information content (AvgIpc) is 3.13. The molecule has 28 heavy (non-hydrogen) atoms. The lowest BCUT2D eigenvalue weighted by molar-refractivity contribution is 0.422. The lowest BCUT2D eigenvalue weighted by atomic mass is 9.88. The van der Waals surface area contributed by atoms with Crippen molar-refractivity contribution in [1.82, 2.24) is 8.96 Å². The van der Waals surface area contributed by atoms with Gasteiger partial charge in [-0.25, -0.2) is 12.4 Å². The lowest BCUT2D eigenvalue weighted by Gasteiger charge is -2.28. The summed E-state index contributed by atoms with van der Waals surface area (Å²) in [5.74, 6) is 0. The van der Waals surface area contributed by atoms with E-state index in [1.807, 2.05) is 32.0 Å². The molecule has 0 bridgehead atoms. The fourth-order valence-corrected chi connectivity index (χ4v) is 4.80. The minimum Gasteiger partial charge on any atom is -0.324 e. The molecule has 0 aliphatic rings. The van der Waals surface area contributed by atoms with Gasteiger partial charge in [-0.1, -0.05) is 24.3 Å². The van der Waals surface area contributed by atoms with E-state index in [1.165, 1.54) is 3.97 Å². The Kier molecular flexibility index (Phi) is 4.26. The number of hydrogen-bond acceptors (Lipinski definition) is 5. The van der Waals surface area contributed by atoms with Crippen LogP contribution in [0.4, 0.5) is 0 Å². The molecule has 1 unspecified atom stereocenters. The van der Waals surface area contributed by atoms with Gasteiger partial charge in [0.05, 0.1) is 15.9 Å². The Labute approximate surface area is 163 Å². The number of fused-ring (bicyclic) bond motifs is 3. The summed E-state index contributed by atoms with van der Waals surface area (Å²) in [5.41, 5.74) is 14.0. The summed E-state index contributed by atoms with van der Waals surface area (Å²) in [6.45, 7) is 3.71. The number of hydrogen-bond donors (Lipinski definition) is 2. The van der Waals surface area contributed by atoms with E-state index >= 15 is 0 Å². The van der Waals surface area contributed by atoms with Crippen molar-refractivity contribution in [2.24, 2.45) is 11.5 Å². The molecule has 4 N–H and O–H groups in total. The summed E-state index contributed by atoms with van der Waals surface area (Å²) in [4.78, 5) is 4.67. The molecule has 0 aliphatic carbocycles. The van der Waals surface area contributed by atoms with E-state index in [1.54, 1.807) is 48.8 Å². The van der Waals surface area contributed by atoms with Gasteiger partial charge in [-0.2, -0.15) is 0 Å². The third kappa shape index (κ3) is 2.88. The smallest absolute Gasteiger partial charge is 0.268 e. The molecule has 4 rings (SSSR count). The third-order valence-electron chi connectivity index (χ3n) is 4.97. The number of rotatable bonds is 4. The summed E-state index contributed by atoms with van der Waals surface area (Å²) in [6, 6.07) is 15.3. The van der Waals surface area contributed by atoms with Crippen LogP contribution in [0.25, 0.3) is 21.8 Å². The number of nitrogens with zero attached hydrogens (tertiary/aromatic N) is 2. The molecule has 1 atom stereocenters. The molecular weight excluding hydrogens is 372 g/mol. The van der Waals surface area contributed by atoms with Crippen molar-refractivity contribution < 1.29 is 8.42 Å². The second kappa shape index (κ2) is 6.41. The van der Waals surface area contributed by atoms with Crippen molar-refractivity contribution >= 4 is 31.8 Å². The average molecular weight is 395 g/mol. The van der Waals surface area contributed by atoms with Crippen LogP contribution in [0.2, 0.25) is 0 Å². The predicted octanol–water partition coefficient (Wildman–Crippen LogP) is 3.16. The first-order valence-corrected chi connectivity index (χ1v) is 10.4. The first kappa shape index (κ1) is 18.6. The van der Waals surface area contributed by atoms with Gasteiger partial charge in [0, 0.05) is 34.7 Å². The predicted molar refractivity (Wildman–Crippen MR) is 111 cm³/mol. The highest BCUT2D eigenvalue weighted by atomic mass is 32.2. The molecule has 0 saturated heterocycles. The van der Waals surface area contributed by atoms with Gasteiger partial charge in [0.25, 0.3) is 10.0 Å². The molecule has 4 aromatic rings. The van der Waals surface area contributed by atoms with Crippen LogP contribution in [0, 0.1) is 0 Å². The largest absolute Gasteiger partial charge is 0.324 e. The molecule has 2 aromatic heterocycles. The Morgan fingerprint density at radius 3 is 2.46 bits per heavy atom. The molecule has 2 heterocycles. The van der Waals surface area contributed by atoms with E-state index in [0.29, 0.717) is 11.0 Å². The first-order valence-electron chi connectivity index (χ1n) is 8.95. The van der Waals surface area contributed by atoms with Gasteiger partial charge in [-0.15, -0.1) is 0 Å². The van der Waals surface area contributed by atoms with Crippen molar-refractivity contribution in [3.05, 3.63) is 72.6 Å². The summed E-state index contributed by atoms with van der Waals surface area (Å²) in [5, 5.41) is 1.55. The Balaban J connectivity index is 2.10. The quantitative estimate of drug-likeness (QED) is 0.553. The van der Waals surface area contributed by atoms with E-state index in [0.717, 1.165) is 16.3 Å². The Bertz CT molecular complexity index is 1270. The van der Waals surface area contributed by atoms with Crippen LogP contribution in [0.5, 0.6) is 0 Å². The van der Waals surface area contributed by atoms with Crippen LogP contribution >= 0.6 is 0 Å². The van der Waals surface area contributed by atoms with Gasteiger partial charge < -0.3 is 11.5 Å². The standard InChI is InChI=1S/C21H22N4O2S/c1-21(2,23)20(22)17-13-14-7-6-11-24-18(14)19-16(17)10-12-25(19)28(26,27)15-8-4-3-5-9-15/h3-13,20H,22-23H2,1-2H3. The van der Waals surface area contributed by atoms with Crippen LogP contribution in [-0.4, -0.2) is 22.9 Å².